The molecule has 3 rings (SSSR count). The Balaban J connectivity index is 1.83. The molecule has 1 saturated heterocycles. The van der Waals surface area contributed by atoms with Crippen molar-refractivity contribution in [1.29, 1.82) is 0 Å². The van der Waals surface area contributed by atoms with Gasteiger partial charge in [0.1, 0.15) is 0 Å². The van der Waals surface area contributed by atoms with Gasteiger partial charge in [-0.05, 0) is 24.5 Å². The van der Waals surface area contributed by atoms with Crippen LogP contribution in [0.15, 0.2) is 24.3 Å². The van der Waals surface area contributed by atoms with E-state index in [2.05, 4.69) is 5.32 Å². The molecule has 2 fully saturated rings. The van der Waals surface area contributed by atoms with Gasteiger partial charge in [-0.15, -0.1) is 0 Å². The summed E-state index contributed by atoms with van der Waals surface area (Å²) in [7, 11) is 0. The third kappa shape index (κ3) is 2.70. The quantitative estimate of drug-likeness (QED) is 0.909. The van der Waals surface area contributed by atoms with Gasteiger partial charge < -0.3 is 10.2 Å². The normalized spacial score (nSPS) is 24.1. The van der Waals surface area contributed by atoms with Gasteiger partial charge in [-0.3, -0.25) is 4.79 Å². The van der Waals surface area contributed by atoms with E-state index in [-0.39, 0.29) is 12.0 Å². The number of amides is 1. The zero-order valence-electron chi connectivity index (χ0n) is 11.6. The molecule has 1 aromatic rings. The Morgan fingerprint density at radius 1 is 1.25 bits per heavy atom. The highest BCUT2D eigenvalue weighted by Crippen LogP contribution is 2.33. The maximum atomic E-state index is 12.8. The zero-order chi connectivity index (χ0) is 13.9. The number of nitrogens with zero attached hydrogens (tertiary/aromatic N) is 1. The molecule has 1 aliphatic carbocycles. The summed E-state index contributed by atoms with van der Waals surface area (Å²) in [4.78, 5) is 14.8. The van der Waals surface area contributed by atoms with Crippen LogP contribution in [0.2, 0.25) is 5.02 Å². The molecule has 20 heavy (non-hydrogen) atoms. The van der Waals surface area contributed by atoms with E-state index >= 15 is 0 Å². The molecule has 1 aromatic carbocycles. The molecule has 1 N–H and O–H groups in total. The molecule has 0 spiro atoms. The lowest BCUT2D eigenvalue weighted by molar-refractivity contribution is -0.138. The second-order valence-electron chi connectivity index (χ2n) is 5.75. The van der Waals surface area contributed by atoms with Crippen LogP contribution in [-0.2, 0) is 4.79 Å². The molecule has 4 heteroatoms. The van der Waals surface area contributed by atoms with Crippen molar-refractivity contribution in [3.05, 3.63) is 34.9 Å². The fourth-order valence-corrected chi connectivity index (χ4v) is 3.66. The summed E-state index contributed by atoms with van der Waals surface area (Å²) in [6, 6.07) is 7.95. The fourth-order valence-electron chi connectivity index (χ4n) is 3.40. The van der Waals surface area contributed by atoms with Gasteiger partial charge in [-0.2, -0.15) is 0 Å². The van der Waals surface area contributed by atoms with Crippen molar-refractivity contribution in [3.8, 4) is 0 Å². The molecule has 1 unspecified atom stereocenters. The highest BCUT2D eigenvalue weighted by Gasteiger charge is 2.34. The first-order valence-corrected chi connectivity index (χ1v) is 7.91. The van der Waals surface area contributed by atoms with Crippen LogP contribution in [0.25, 0.3) is 0 Å². The van der Waals surface area contributed by atoms with Crippen LogP contribution in [0.1, 0.15) is 37.3 Å². The molecule has 1 aliphatic heterocycles. The molecule has 108 valence electrons. The minimum atomic E-state index is 0.0746. The summed E-state index contributed by atoms with van der Waals surface area (Å²) in [6.45, 7) is 2.45. The molecule has 0 radical (unpaired) electrons. The fraction of sp³-hybridized carbons (Fsp3) is 0.562. The van der Waals surface area contributed by atoms with Crippen molar-refractivity contribution < 1.29 is 4.79 Å². The van der Waals surface area contributed by atoms with Gasteiger partial charge in [0, 0.05) is 30.6 Å². The van der Waals surface area contributed by atoms with Gasteiger partial charge in [0.15, 0.2) is 0 Å². The first-order chi connectivity index (χ1) is 9.77. The third-order valence-electron chi connectivity index (χ3n) is 4.50. The van der Waals surface area contributed by atoms with Crippen LogP contribution in [0, 0.1) is 5.92 Å². The first kappa shape index (κ1) is 13.9. The van der Waals surface area contributed by atoms with Crippen LogP contribution in [-0.4, -0.2) is 30.4 Å². The molecule has 0 bridgehead atoms. The Bertz CT molecular complexity index is 485. The van der Waals surface area contributed by atoms with Crippen molar-refractivity contribution in [2.45, 2.75) is 31.7 Å². The minimum absolute atomic E-state index is 0.0746. The second-order valence-corrected chi connectivity index (χ2v) is 6.16. The van der Waals surface area contributed by atoms with E-state index in [9.17, 15) is 4.79 Å². The summed E-state index contributed by atoms with van der Waals surface area (Å²) in [5.74, 6) is 0.562. The SMILES string of the molecule is O=C(C1CCCC1)N1CCNCC1c1ccccc1Cl. The molecular formula is C16H21ClN2O. The van der Waals surface area contributed by atoms with Gasteiger partial charge in [-0.25, -0.2) is 0 Å². The molecule has 3 nitrogen and oxygen atoms in total. The third-order valence-corrected chi connectivity index (χ3v) is 4.84. The van der Waals surface area contributed by atoms with E-state index in [4.69, 9.17) is 11.6 Å². The number of hydrogen-bond acceptors (Lipinski definition) is 2. The second kappa shape index (κ2) is 6.15. The summed E-state index contributed by atoms with van der Waals surface area (Å²) in [6.07, 6.45) is 4.49. The summed E-state index contributed by atoms with van der Waals surface area (Å²) >= 11 is 6.32. The standard InChI is InChI=1S/C16H21ClN2O/c17-14-8-4-3-7-13(14)15-11-18-9-10-19(15)16(20)12-5-1-2-6-12/h3-4,7-8,12,15,18H,1-2,5-6,9-11H2. The van der Waals surface area contributed by atoms with E-state index in [0.29, 0.717) is 5.91 Å². The molecular weight excluding hydrogens is 272 g/mol. The number of hydrogen-bond donors (Lipinski definition) is 1. The zero-order valence-corrected chi connectivity index (χ0v) is 12.4. The number of rotatable bonds is 2. The van der Waals surface area contributed by atoms with Crippen LogP contribution >= 0.6 is 11.6 Å². The molecule has 1 saturated carbocycles. The van der Waals surface area contributed by atoms with Gasteiger partial charge in [0.25, 0.3) is 0 Å². The van der Waals surface area contributed by atoms with E-state index in [1.54, 1.807) is 0 Å². The number of nitrogens with one attached hydrogen (secondary N) is 1. The van der Waals surface area contributed by atoms with Crippen LogP contribution in [0.5, 0.6) is 0 Å². The highest BCUT2D eigenvalue weighted by atomic mass is 35.5. The minimum Gasteiger partial charge on any atom is -0.333 e. The first-order valence-electron chi connectivity index (χ1n) is 7.53. The Kier molecular flexibility index (Phi) is 4.27. The number of halogens is 1. The van der Waals surface area contributed by atoms with Crippen molar-refractivity contribution in [2.24, 2.45) is 5.92 Å². The lowest BCUT2D eigenvalue weighted by Crippen LogP contribution is -2.50. The summed E-state index contributed by atoms with van der Waals surface area (Å²) in [5.41, 5.74) is 1.06. The van der Waals surface area contributed by atoms with Gasteiger partial charge in [-0.1, -0.05) is 42.6 Å². The molecule has 1 amide bonds. The van der Waals surface area contributed by atoms with E-state index < -0.39 is 0 Å². The van der Waals surface area contributed by atoms with Crippen molar-refractivity contribution >= 4 is 17.5 Å². The largest absolute Gasteiger partial charge is 0.333 e. The molecule has 1 heterocycles. The van der Waals surface area contributed by atoms with E-state index in [1.807, 2.05) is 29.2 Å². The van der Waals surface area contributed by atoms with Crippen LogP contribution in [0.3, 0.4) is 0 Å². The molecule has 0 aromatic heterocycles. The lowest BCUT2D eigenvalue weighted by Gasteiger charge is -2.38. The maximum absolute atomic E-state index is 12.8. The lowest BCUT2D eigenvalue weighted by atomic mass is 9.99. The molecule has 2 aliphatic rings. The number of piperazine rings is 1. The monoisotopic (exact) mass is 292 g/mol. The Morgan fingerprint density at radius 3 is 2.75 bits per heavy atom. The average molecular weight is 293 g/mol. The predicted molar refractivity (Wildman–Crippen MR) is 80.7 cm³/mol. The Labute approximate surface area is 125 Å². The van der Waals surface area contributed by atoms with Gasteiger partial charge in [0.05, 0.1) is 6.04 Å². The smallest absolute Gasteiger partial charge is 0.226 e. The Hall–Kier alpha value is -1.06. The highest BCUT2D eigenvalue weighted by molar-refractivity contribution is 6.31. The Morgan fingerprint density at radius 2 is 2.00 bits per heavy atom. The average Bonchev–Trinajstić information content (AvgIpc) is 3.01. The maximum Gasteiger partial charge on any atom is 0.226 e. The van der Waals surface area contributed by atoms with Crippen LogP contribution < -0.4 is 5.32 Å². The van der Waals surface area contributed by atoms with Crippen molar-refractivity contribution in [2.75, 3.05) is 19.6 Å². The van der Waals surface area contributed by atoms with E-state index in [0.717, 1.165) is 43.1 Å². The number of benzene rings is 1. The van der Waals surface area contributed by atoms with Gasteiger partial charge >= 0.3 is 0 Å². The molecule has 1 atom stereocenters. The van der Waals surface area contributed by atoms with Crippen molar-refractivity contribution in [3.63, 3.8) is 0 Å². The summed E-state index contributed by atoms with van der Waals surface area (Å²) in [5, 5.41) is 4.14. The summed E-state index contributed by atoms with van der Waals surface area (Å²) < 4.78 is 0. The van der Waals surface area contributed by atoms with Crippen LogP contribution in [0.4, 0.5) is 0 Å². The topological polar surface area (TPSA) is 32.3 Å². The number of carbonyl (C=O) groups excluding carboxylic acids is 1. The van der Waals surface area contributed by atoms with Gasteiger partial charge in [0.2, 0.25) is 5.91 Å². The predicted octanol–water partition coefficient (Wildman–Crippen LogP) is 3.00. The number of carbonyl (C=O) groups is 1. The van der Waals surface area contributed by atoms with Crippen molar-refractivity contribution in [1.82, 2.24) is 10.2 Å². The van der Waals surface area contributed by atoms with E-state index in [1.165, 1.54) is 12.8 Å².